The highest BCUT2D eigenvalue weighted by Gasteiger charge is 2.35. The zero-order valence-corrected chi connectivity index (χ0v) is 12.2. The number of ether oxygens (including phenoxy) is 2. The second-order valence-electron chi connectivity index (χ2n) is 4.68. The van der Waals surface area contributed by atoms with E-state index >= 15 is 0 Å². The summed E-state index contributed by atoms with van der Waals surface area (Å²) in [5.41, 5.74) is -1.70. The van der Waals surface area contributed by atoms with Gasteiger partial charge < -0.3 is 9.47 Å². The molecule has 0 N–H and O–H groups in total. The maximum absolute atomic E-state index is 11.9. The van der Waals surface area contributed by atoms with Crippen LogP contribution in [0.2, 0.25) is 0 Å². The van der Waals surface area contributed by atoms with Gasteiger partial charge in [0.05, 0.1) is 24.3 Å². The number of esters is 2. The summed E-state index contributed by atoms with van der Waals surface area (Å²) in [5.74, 6) is -1.41. The number of rotatable bonds is 5. The summed E-state index contributed by atoms with van der Waals surface area (Å²) in [4.78, 5) is 37.6. The van der Waals surface area contributed by atoms with Crippen LogP contribution < -0.4 is 0 Å². The van der Waals surface area contributed by atoms with Crippen molar-refractivity contribution in [2.75, 3.05) is 13.7 Å². The van der Waals surface area contributed by atoms with Crippen molar-refractivity contribution in [1.82, 2.24) is 4.98 Å². The van der Waals surface area contributed by atoms with Gasteiger partial charge in [0.15, 0.2) is 0 Å². The molecule has 0 aromatic carbocycles. The fourth-order valence-electron chi connectivity index (χ4n) is 1.62. The van der Waals surface area contributed by atoms with Crippen LogP contribution in [-0.4, -0.2) is 35.6 Å². The van der Waals surface area contributed by atoms with Crippen LogP contribution in [0.1, 0.15) is 36.8 Å². The fraction of sp³-hybridized carbons (Fsp3) is 0.462. The highest BCUT2D eigenvalue weighted by atomic mass is 16.6. The molecule has 0 saturated heterocycles. The Balaban J connectivity index is 3.37. The second-order valence-corrected chi connectivity index (χ2v) is 4.68. The monoisotopic (exact) mass is 296 g/mol. The number of hydrogen-bond acceptors (Lipinski definition) is 7. The van der Waals surface area contributed by atoms with Crippen molar-refractivity contribution in [3.05, 3.63) is 33.6 Å². The Hall–Kier alpha value is -2.51. The van der Waals surface area contributed by atoms with Gasteiger partial charge in [0.25, 0.3) is 0 Å². The Morgan fingerprint density at radius 1 is 1.43 bits per heavy atom. The molecule has 1 aromatic rings. The lowest BCUT2D eigenvalue weighted by Gasteiger charge is -2.21. The molecule has 1 aromatic heterocycles. The van der Waals surface area contributed by atoms with Crippen LogP contribution in [0.5, 0.6) is 0 Å². The molecule has 0 radical (unpaired) electrons. The van der Waals surface area contributed by atoms with Crippen molar-refractivity contribution in [3.63, 3.8) is 0 Å². The molecule has 0 aliphatic carbocycles. The van der Waals surface area contributed by atoms with Crippen LogP contribution in [0.4, 0.5) is 5.69 Å². The van der Waals surface area contributed by atoms with E-state index in [1.54, 1.807) is 20.8 Å². The smallest absolute Gasteiger partial charge is 0.345 e. The minimum absolute atomic E-state index is 0.187. The molecule has 0 fully saturated rings. The van der Waals surface area contributed by atoms with Crippen molar-refractivity contribution in [1.29, 1.82) is 0 Å². The predicted octanol–water partition coefficient (Wildman–Crippen LogP) is 1.62. The molecule has 0 unspecified atom stereocenters. The number of hydrogen-bond donors (Lipinski definition) is 0. The Kier molecular flexibility index (Phi) is 4.96. The maximum atomic E-state index is 11.9. The largest absolute Gasteiger partial charge is 0.465 e. The standard InChI is InChI=1S/C13H16N2O6/c1-5-21-12(17)13(2,3)10-6-8(11(16)20-4)9(7-14-10)15(18)19/h6-7H,5H2,1-4H3. The van der Waals surface area contributed by atoms with E-state index in [0.29, 0.717) is 0 Å². The minimum Gasteiger partial charge on any atom is -0.465 e. The van der Waals surface area contributed by atoms with Gasteiger partial charge in [-0.05, 0) is 26.8 Å². The molecule has 0 spiro atoms. The lowest BCUT2D eigenvalue weighted by atomic mass is 9.88. The summed E-state index contributed by atoms with van der Waals surface area (Å²) in [5, 5.41) is 10.9. The highest BCUT2D eigenvalue weighted by Crippen LogP contribution is 2.27. The number of nitrogens with zero attached hydrogens (tertiary/aromatic N) is 2. The van der Waals surface area contributed by atoms with Gasteiger partial charge in [0.1, 0.15) is 17.2 Å². The lowest BCUT2D eigenvalue weighted by molar-refractivity contribution is -0.385. The zero-order valence-electron chi connectivity index (χ0n) is 12.2. The molecule has 1 heterocycles. The van der Waals surface area contributed by atoms with E-state index in [4.69, 9.17) is 4.74 Å². The first-order chi connectivity index (χ1) is 9.75. The third-order valence-corrected chi connectivity index (χ3v) is 2.91. The summed E-state index contributed by atoms with van der Waals surface area (Å²) in [6.45, 7) is 4.97. The molecule has 0 aliphatic rings. The summed E-state index contributed by atoms with van der Waals surface area (Å²) in [6, 6.07) is 1.18. The molecule has 0 amide bonds. The quantitative estimate of drug-likeness (QED) is 0.461. The molecule has 8 heteroatoms. The molecule has 0 aliphatic heterocycles. The van der Waals surface area contributed by atoms with Gasteiger partial charge in [-0.15, -0.1) is 0 Å². The van der Waals surface area contributed by atoms with Crippen LogP contribution in [0, 0.1) is 10.1 Å². The normalized spacial score (nSPS) is 10.9. The number of carbonyl (C=O) groups is 2. The third kappa shape index (κ3) is 3.33. The topological polar surface area (TPSA) is 109 Å². The van der Waals surface area contributed by atoms with Crippen molar-refractivity contribution in [2.24, 2.45) is 0 Å². The van der Waals surface area contributed by atoms with E-state index in [9.17, 15) is 19.7 Å². The Morgan fingerprint density at radius 3 is 2.52 bits per heavy atom. The molecule has 1 rings (SSSR count). The average Bonchev–Trinajstić information content (AvgIpc) is 2.45. The van der Waals surface area contributed by atoms with Crippen LogP contribution in [-0.2, 0) is 19.7 Å². The Morgan fingerprint density at radius 2 is 2.05 bits per heavy atom. The number of pyridine rings is 1. The molecule has 8 nitrogen and oxygen atoms in total. The maximum Gasteiger partial charge on any atom is 0.345 e. The SMILES string of the molecule is CCOC(=O)C(C)(C)c1cc(C(=O)OC)c([N+](=O)[O-])cn1. The van der Waals surface area contributed by atoms with Gasteiger partial charge in [-0.25, -0.2) is 4.79 Å². The molecule has 114 valence electrons. The molecular formula is C13H16N2O6. The summed E-state index contributed by atoms with van der Waals surface area (Å²) in [6.07, 6.45) is 0.933. The van der Waals surface area contributed by atoms with Crippen molar-refractivity contribution in [3.8, 4) is 0 Å². The zero-order chi connectivity index (χ0) is 16.2. The first-order valence-corrected chi connectivity index (χ1v) is 6.16. The van der Waals surface area contributed by atoms with Crippen LogP contribution in [0.25, 0.3) is 0 Å². The molecular weight excluding hydrogens is 280 g/mol. The number of carbonyl (C=O) groups excluding carboxylic acids is 2. The van der Waals surface area contributed by atoms with Gasteiger partial charge in [-0.3, -0.25) is 19.9 Å². The Bertz CT molecular complexity index is 582. The van der Waals surface area contributed by atoms with Crippen molar-refractivity contribution in [2.45, 2.75) is 26.2 Å². The van der Waals surface area contributed by atoms with Crippen LogP contribution in [0.3, 0.4) is 0 Å². The van der Waals surface area contributed by atoms with Gasteiger partial charge in [-0.1, -0.05) is 0 Å². The van der Waals surface area contributed by atoms with E-state index in [-0.39, 0.29) is 17.9 Å². The van der Waals surface area contributed by atoms with Crippen LogP contribution in [0.15, 0.2) is 12.3 Å². The van der Waals surface area contributed by atoms with Gasteiger partial charge in [0.2, 0.25) is 0 Å². The van der Waals surface area contributed by atoms with E-state index in [1.165, 1.54) is 6.07 Å². The average molecular weight is 296 g/mol. The number of nitro groups is 1. The molecule has 0 saturated carbocycles. The summed E-state index contributed by atoms with van der Waals surface area (Å²) >= 11 is 0. The minimum atomic E-state index is -1.14. The van der Waals surface area contributed by atoms with E-state index < -0.39 is 28.0 Å². The third-order valence-electron chi connectivity index (χ3n) is 2.91. The van der Waals surface area contributed by atoms with E-state index in [1.807, 2.05) is 0 Å². The highest BCUT2D eigenvalue weighted by molar-refractivity contribution is 5.94. The fourth-order valence-corrected chi connectivity index (χ4v) is 1.62. The van der Waals surface area contributed by atoms with Gasteiger partial charge >= 0.3 is 17.6 Å². The molecule has 0 bridgehead atoms. The summed E-state index contributed by atoms with van der Waals surface area (Å²) in [7, 11) is 1.11. The number of methoxy groups -OCH3 is 1. The van der Waals surface area contributed by atoms with E-state index in [2.05, 4.69) is 9.72 Å². The predicted molar refractivity (Wildman–Crippen MR) is 71.9 cm³/mol. The second kappa shape index (κ2) is 6.29. The Labute approximate surface area is 121 Å². The van der Waals surface area contributed by atoms with Crippen LogP contribution >= 0.6 is 0 Å². The first kappa shape index (κ1) is 16.5. The van der Waals surface area contributed by atoms with Crippen molar-refractivity contribution < 1.29 is 24.0 Å². The lowest BCUT2D eigenvalue weighted by Crippen LogP contribution is -2.32. The first-order valence-electron chi connectivity index (χ1n) is 6.16. The molecule has 0 atom stereocenters. The molecule has 21 heavy (non-hydrogen) atoms. The number of aromatic nitrogens is 1. The van der Waals surface area contributed by atoms with Crippen molar-refractivity contribution >= 4 is 17.6 Å². The van der Waals surface area contributed by atoms with Gasteiger partial charge in [0, 0.05) is 0 Å². The van der Waals surface area contributed by atoms with E-state index in [0.717, 1.165) is 13.3 Å². The van der Waals surface area contributed by atoms with Gasteiger partial charge in [-0.2, -0.15) is 0 Å². The summed E-state index contributed by atoms with van der Waals surface area (Å²) < 4.78 is 9.45.